The maximum absolute atomic E-state index is 3.02. The van der Waals surface area contributed by atoms with Crippen LogP contribution in [0.15, 0.2) is 24.4 Å². The lowest BCUT2D eigenvalue weighted by Crippen LogP contribution is -2.05. The number of nitrogens with zero attached hydrogens (tertiary/aromatic N) is 1. The van der Waals surface area contributed by atoms with Crippen molar-refractivity contribution < 1.29 is 0 Å². The van der Waals surface area contributed by atoms with Crippen LogP contribution in [0.1, 0.15) is 0 Å². The molecule has 1 rings (SSSR count). The Labute approximate surface area is 43.5 Å². The molecule has 0 fully saturated rings. The molecule has 1 aliphatic rings. The van der Waals surface area contributed by atoms with Crippen molar-refractivity contribution in [2.45, 2.75) is 0 Å². The molecule has 1 heterocycles. The van der Waals surface area contributed by atoms with Gasteiger partial charge in [0, 0.05) is 12.7 Å². The summed E-state index contributed by atoms with van der Waals surface area (Å²) in [6, 6.07) is 0. The molecule has 0 saturated carbocycles. The maximum atomic E-state index is 3.02. The number of nitrogens with one attached hydrogen (secondary N) is 1. The van der Waals surface area contributed by atoms with Crippen LogP contribution in [-0.2, 0) is 0 Å². The molecule has 0 aliphatic carbocycles. The van der Waals surface area contributed by atoms with E-state index in [0.717, 1.165) is 6.54 Å². The van der Waals surface area contributed by atoms with Crippen LogP contribution in [0.4, 0.5) is 0 Å². The highest BCUT2D eigenvalue weighted by Crippen LogP contribution is 1.78. The van der Waals surface area contributed by atoms with Gasteiger partial charge in [0.15, 0.2) is 0 Å². The van der Waals surface area contributed by atoms with Crippen molar-refractivity contribution in [1.29, 1.82) is 0 Å². The largest absolute Gasteiger partial charge is 0.387 e. The van der Waals surface area contributed by atoms with Gasteiger partial charge in [-0.2, -0.15) is 0 Å². The fraction of sp³-hybridized carbons (Fsp3) is 0.200. The topological polar surface area (TPSA) is 42.5 Å². The van der Waals surface area contributed by atoms with Gasteiger partial charge in [-0.15, -0.1) is 0 Å². The molecule has 7 heavy (non-hydrogen) atoms. The highest BCUT2D eigenvalue weighted by Gasteiger charge is 1.73. The third kappa shape index (κ3) is 2.00. The van der Waals surface area contributed by atoms with Gasteiger partial charge < -0.3 is 5.32 Å². The van der Waals surface area contributed by atoms with E-state index in [9.17, 15) is 0 Å². The molecule has 0 aromatic carbocycles. The predicted molar refractivity (Wildman–Crippen MR) is 28.4 cm³/mol. The minimum absolute atomic E-state index is 0. The fourth-order valence-corrected chi connectivity index (χ4v) is 0.406. The van der Waals surface area contributed by atoms with E-state index >= 15 is 0 Å². The molecule has 0 spiro atoms. The Balaban J connectivity index is 0.000000360. The average Bonchev–Trinajstić information content (AvgIpc) is 1.72. The summed E-state index contributed by atoms with van der Waals surface area (Å²) in [7, 11) is 0. The third-order valence-corrected chi connectivity index (χ3v) is 0.697. The van der Waals surface area contributed by atoms with Crippen LogP contribution in [0, 0.1) is 0 Å². The molecule has 37 valence electrons. The van der Waals surface area contributed by atoms with Gasteiger partial charge in [0.05, 0.1) is 0 Å². The van der Waals surface area contributed by atoms with Crippen LogP contribution in [0.2, 0.25) is 0 Å². The highest BCUT2D eigenvalue weighted by molar-refractivity contribution is 5.06. The van der Waals surface area contributed by atoms with E-state index in [1.54, 1.807) is 0 Å². The standard InChI is InChI=1S/C5H7N.N/c1-2-4-6-5-3-1;/h1-4,6H,5H2;. The normalized spacial score (nSPS) is 14.9. The fourth-order valence-electron chi connectivity index (χ4n) is 0.406. The molecule has 0 saturated heterocycles. The first-order valence-corrected chi connectivity index (χ1v) is 2.05. The summed E-state index contributed by atoms with van der Waals surface area (Å²) in [6.45, 7) is 0.983. The Kier molecular flexibility index (Phi) is 3.06. The molecule has 0 amide bonds. The maximum Gasteiger partial charge on any atom is 0.0328 e. The van der Waals surface area contributed by atoms with E-state index in [2.05, 4.69) is 11.4 Å². The van der Waals surface area contributed by atoms with Crippen LogP contribution >= 0.6 is 0 Å². The van der Waals surface area contributed by atoms with Crippen LogP contribution in [-0.4, -0.2) is 6.54 Å². The summed E-state index contributed by atoms with van der Waals surface area (Å²) in [4.78, 5) is 0. The quantitative estimate of drug-likeness (QED) is 0.458. The Morgan fingerprint density at radius 1 is 1.29 bits per heavy atom. The second kappa shape index (κ2) is 3.43. The Hall–Kier alpha value is -0.760. The second-order valence-corrected chi connectivity index (χ2v) is 1.20. The Bertz CT molecular complexity index is 72.1. The lowest BCUT2D eigenvalue weighted by Gasteiger charge is -1.94. The van der Waals surface area contributed by atoms with Gasteiger partial charge in [-0.1, -0.05) is 12.2 Å². The summed E-state index contributed by atoms with van der Waals surface area (Å²) in [5, 5.41) is 3.02. The van der Waals surface area contributed by atoms with Gasteiger partial charge in [-0.05, 0) is 12.3 Å². The predicted octanol–water partition coefficient (Wildman–Crippen LogP) is 0.179. The number of hydrogen-bond donors (Lipinski definition) is 1. The van der Waals surface area contributed by atoms with Gasteiger partial charge in [0.2, 0.25) is 0 Å². The van der Waals surface area contributed by atoms with Crippen LogP contribution in [0.3, 0.4) is 0 Å². The zero-order valence-corrected chi connectivity index (χ0v) is 3.96. The van der Waals surface area contributed by atoms with E-state index in [-0.39, 0.29) is 6.15 Å². The summed E-state index contributed by atoms with van der Waals surface area (Å²) in [5.74, 6) is 0. The summed E-state index contributed by atoms with van der Waals surface area (Å²) in [5.41, 5.74) is 0. The van der Waals surface area contributed by atoms with E-state index < -0.39 is 0 Å². The molecule has 2 heteroatoms. The van der Waals surface area contributed by atoms with Crippen molar-refractivity contribution >= 4 is 0 Å². The molecule has 1 N–H and O–H groups in total. The summed E-state index contributed by atoms with van der Waals surface area (Å²) < 4.78 is 0. The first-order chi connectivity index (χ1) is 3.00. The number of allylic oxidation sites excluding steroid dienone is 2. The van der Waals surface area contributed by atoms with Gasteiger partial charge in [-0.25, -0.2) is 0 Å². The lowest BCUT2D eigenvalue weighted by molar-refractivity contribution is 0.972. The smallest absolute Gasteiger partial charge is 0.0328 e. The van der Waals surface area contributed by atoms with E-state index in [4.69, 9.17) is 0 Å². The van der Waals surface area contributed by atoms with E-state index in [1.165, 1.54) is 0 Å². The molecule has 0 aromatic rings. The van der Waals surface area contributed by atoms with Gasteiger partial charge in [0.1, 0.15) is 0 Å². The molecule has 0 bridgehead atoms. The minimum atomic E-state index is 0. The molecule has 3 radical (unpaired) electrons. The highest BCUT2D eigenvalue weighted by atomic mass is 14.8. The summed E-state index contributed by atoms with van der Waals surface area (Å²) >= 11 is 0. The van der Waals surface area contributed by atoms with Crippen LogP contribution in [0.5, 0.6) is 0 Å². The third-order valence-electron chi connectivity index (χ3n) is 0.697. The zero-order chi connectivity index (χ0) is 4.24. The van der Waals surface area contributed by atoms with E-state index in [0.29, 0.717) is 0 Å². The summed E-state index contributed by atoms with van der Waals surface area (Å²) in [6.07, 6.45) is 8.00. The minimum Gasteiger partial charge on any atom is -0.387 e. The Morgan fingerprint density at radius 3 is 2.29 bits per heavy atom. The lowest BCUT2D eigenvalue weighted by atomic mass is 10.4. The van der Waals surface area contributed by atoms with Crippen LogP contribution < -0.4 is 11.5 Å². The molecule has 1 aliphatic heterocycles. The Morgan fingerprint density at radius 2 is 2.14 bits per heavy atom. The average molecular weight is 95.1 g/mol. The first-order valence-electron chi connectivity index (χ1n) is 2.05. The zero-order valence-electron chi connectivity index (χ0n) is 3.96. The second-order valence-electron chi connectivity index (χ2n) is 1.20. The van der Waals surface area contributed by atoms with E-state index in [1.807, 2.05) is 18.4 Å². The van der Waals surface area contributed by atoms with Crippen molar-refractivity contribution in [1.82, 2.24) is 11.5 Å². The first kappa shape index (κ1) is 6.24. The van der Waals surface area contributed by atoms with Crippen molar-refractivity contribution in [3.8, 4) is 0 Å². The van der Waals surface area contributed by atoms with Crippen molar-refractivity contribution in [3.05, 3.63) is 24.4 Å². The van der Waals surface area contributed by atoms with Crippen LogP contribution in [0.25, 0.3) is 0 Å². The number of hydrogen-bond acceptors (Lipinski definition) is 1. The number of rotatable bonds is 0. The van der Waals surface area contributed by atoms with Crippen molar-refractivity contribution in [3.63, 3.8) is 0 Å². The van der Waals surface area contributed by atoms with Crippen molar-refractivity contribution in [2.24, 2.45) is 0 Å². The monoisotopic (exact) mass is 95.1 g/mol. The molecule has 2 nitrogen and oxygen atoms in total. The van der Waals surface area contributed by atoms with Gasteiger partial charge in [0.25, 0.3) is 0 Å². The van der Waals surface area contributed by atoms with Gasteiger partial charge in [-0.3, -0.25) is 0 Å². The molecule has 0 atom stereocenters. The number of dihydropyridines is 1. The molecule has 0 aromatic heterocycles. The van der Waals surface area contributed by atoms with Gasteiger partial charge >= 0.3 is 0 Å². The van der Waals surface area contributed by atoms with Crippen molar-refractivity contribution in [2.75, 3.05) is 6.54 Å². The molecular weight excluding hydrogens is 88.1 g/mol. The molecule has 0 unspecified atom stereocenters. The molecular formula is C5H7N2. The SMILES string of the molecule is C1=CCNC=C1.[N].